The number of hydrogen-bond acceptors (Lipinski definition) is 3. The molecular weight excluding hydrogens is 194 g/mol. The Bertz CT molecular complexity index is 439. The summed E-state index contributed by atoms with van der Waals surface area (Å²) in [6, 6.07) is 4.55. The summed E-state index contributed by atoms with van der Waals surface area (Å²) < 4.78 is 0. The van der Waals surface area contributed by atoms with Gasteiger partial charge >= 0.3 is 0 Å². The predicted molar refractivity (Wildman–Crippen MR) is 54.9 cm³/mol. The molecule has 0 bridgehead atoms. The molecule has 1 aliphatic rings. The van der Waals surface area contributed by atoms with Gasteiger partial charge in [0.25, 0.3) is 5.69 Å². The monoisotopic (exact) mass is 205 g/mol. The second-order valence-electron chi connectivity index (χ2n) is 3.77. The van der Waals surface area contributed by atoms with E-state index in [1.54, 1.807) is 6.07 Å². The molecule has 0 aromatic heterocycles. The van der Waals surface area contributed by atoms with Crippen LogP contribution in [0.4, 0.5) is 5.69 Å². The Morgan fingerprint density at radius 2 is 2.27 bits per heavy atom. The lowest BCUT2D eigenvalue weighted by molar-refractivity contribution is -0.384. The minimum Gasteiger partial charge on any atom is -0.294 e. The number of nitro groups is 1. The molecule has 0 spiro atoms. The van der Waals surface area contributed by atoms with Crippen LogP contribution < -0.4 is 0 Å². The number of hydrogen-bond donors (Lipinski definition) is 0. The van der Waals surface area contributed by atoms with E-state index < -0.39 is 4.92 Å². The van der Waals surface area contributed by atoms with Crippen molar-refractivity contribution in [2.24, 2.45) is 5.92 Å². The number of carbonyl (C=O) groups is 1. The Balaban J connectivity index is 2.44. The maximum absolute atomic E-state index is 11.8. The number of carbonyl (C=O) groups excluding carboxylic acids is 1. The van der Waals surface area contributed by atoms with Crippen LogP contribution in [0.3, 0.4) is 0 Å². The number of rotatable bonds is 2. The van der Waals surface area contributed by atoms with Crippen molar-refractivity contribution in [2.45, 2.75) is 19.8 Å². The molecule has 2 rings (SSSR count). The van der Waals surface area contributed by atoms with Gasteiger partial charge in [0.2, 0.25) is 0 Å². The maximum Gasteiger partial charge on any atom is 0.270 e. The molecule has 1 aromatic carbocycles. The van der Waals surface area contributed by atoms with Crippen LogP contribution in [0, 0.1) is 16.0 Å². The molecule has 0 heterocycles. The van der Waals surface area contributed by atoms with Crippen LogP contribution in [-0.2, 0) is 6.42 Å². The summed E-state index contributed by atoms with van der Waals surface area (Å²) in [5.74, 6) is 0.0678. The van der Waals surface area contributed by atoms with Gasteiger partial charge in [-0.2, -0.15) is 0 Å². The second-order valence-corrected chi connectivity index (χ2v) is 3.77. The first-order valence-electron chi connectivity index (χ1n) is 4.95. The molecule has 1 aliphatic carbocycles. The molecule has 4 heteroatoms. The number of benzene rings is 1. The third kappa shape index (κ3) is 1.52. The van der Waals surface area contributed by atoms with Gasteiger partial charge in [-0.05, 0) is 18.4 Å². The van der Waals surface area contributed by atoms with E-state index in [9.17, 15) is 14.9 Å². The highest BCUT2D eigenvalue weighted by atomic mass is 16.6. The number of Topliss-reactive ketones (excluding diaryl/α,β-unsaturated/α-hetero) is 1. The number of nitro benzene ring substituents is 1. The number of fused-ring (bicyclic) bond motifs is 1. The van der Waals surface area contributed by atoms with E-state index in [0.29, 0.717) is 5.56 Å². The highest BCUT2D eigenvalue weighted by molar-refractivity contribution is 6.02. The highest BCUT2D eigenvalue weighted by Crippen LogP contribution is 2.31. The molecule has 0 aliphatic heterocycles. The van der Waals surface area contributed by atoms with Crippen LogP contribution in [-0.4, -0.2) is 10.7 Å². The average molecular weight is 205 g/mol. The number of nitrogens with zero attached hydrogens (tertiary/aromatic N) is 1. The normalized spacial score (nSPS) is 19.0. The van der Waals surface area contributed by atoms with Crippen molar-refractivity contribution in [2.75, 3.05) is 0 Å². The van der Waals surface area contributed by atoms with Crippen molar-refractivity contribution in [3.05, 3.63) is 39.4 Å². The van der Waals surface area contributed by atoms with Gasteiger partial charge in [-0.25, -0.2) is 0 Å². The summed E-state index contributed by atoms with van der Waals surface area (Å²) in [6.07, 6.45) is 1.52. The van der Waals surface area contributed by atoms with Crippen molar-refractivity contribution in [1.82, 2.24) is 0 Å². The van der Waals surface area contributed by atoms with Gasteiger partial charge in [-0.15, -0.1) is 0 Å². The van der Waals surface area contributed by atoms with E-state index in [2.05, 4.69) is 0 Å². The lowest BCUT2D eigenvalue weighted by Gasteiger charge is -2.00. The van der Waals surface area contributed by atoms with Crippen molar-refractivity contribution in [3.8, 4) is 0 Å². The zero-order valence-corrected chi connectivity index (χ0v) is 8.40. The highest BCUT2D eigenvalue weighted by Gasteiger charge is 2.30. The zero-order chi connectivity index (χ0) is 11.0. The maximum atomic E-state index is 11.8. The third-order valence-electron chi connectivity index (χ3n) is 2.90. The molecule has 0 N–H and O–H groups in total. The smallest absolute Gasteiger partial charge is 0.270 e. The molecule has 0 fully saturated rings. The van der Waals surface area contributed by atoms with Gasteiger partial charge in [0.1, 0.15) is 0 Å². The average Bonchev–Trinajstić information content (AvgIpc) is 2.55. The zero-order valence-electron chi connectivity index (χ0n) is 8.40. The molecule has 0 saturated carbocycles. The van der Waals surface area contributed by atoms with Crippen LogP contribution in [0.2, 0.25) is 0 Å². The first kappa shape index (κ1) is 9.83. The summed E-state index contributed by atoms with van der Waals surface area (Å²) >= 11 is 0. The van der Waals surface area contributed by atoms with E-state index in [1.165, 1.54) is 12.1 Å². The van der Waals surface area contributed by atoms with Crippen molar-refractivity contribution in [3.63, 3.8) is 0 Å². The van der Waals surface area contributed by atoms with Gasteiger partial charge in [0.15, 0.2) is 5.78 Å². The minimum absolute atomic E-state index is 0.00106. The van der Waals surface area contributed by atoms with E-state index >= 15 is 0 Å². The Morgan fingerprint density at radius 3 is 2.87 bits per heavy atom. The van der Waals surface area contributed by atoms with Gasteiger partial charge < -0.3 is 0 Å². The Labute approximate surface area is 87.1 Å². The Kier molecular flexibility index (Phi) is 2.26. The summed E-state index contributed by atoms with van der Waals surface area (Å²) in [5, 5.41) is 10.6. The standard InChI is InChI=1S/C11H11NO3/c1-2-7-5-8-3-4-9(12(14)15)6-10(8)11(7)13/h3-4,6-7H,2,5H2,1H3. The van der Waals surface area contributed by atoms with Gasteiger partial charge in [0.05, 0.1) is 4.92 Å². The molecule has 4 nitrogen and oxygen atoms in total. The fourth-order valence-electron chi connectivity index (χ4n) is 1.99. The molecule has 0 amide bonds. The number of non-ortho nitro benzene ring substituents is 1. The SMILES string of the molecule is CCC1Cc2ccc([N+](=O)[O-])cc2C1=O. The second kappa shape index (κ2) is 3.46. The summed E-state index contributed by atoms with van der Waals surface area (Å²) in [4.78, 5) is 21.9. The van der Waals surface area contributed by atoms with E-state index in [4.69, 9.17) is 0 Å². The molecule has 1 atom stereocenters. The van der Waals surface area contributed by atoms with Crippen LogP contribution in [0.15, 0.2) is 18.2 Å². The lowest BCUT2D eigenvalue weighted by atomic mass is 10.0. The van der Waals surface area contributed by atoms with Gasteiger partial charge in [-0.1, -0.05) is 13.0 Å². The number of ketones is 1. The summed E-state index contributed by atoms with van der Waals surface area (Å²) in [5.41, 5.74) is 1.48. The van der Waals surface area contributed by atoms with Crippen LogP contribution in [0.5, 0.6) is 0 Å². The van der Waals surface area contributed by atoms with E-state index in [-0.39, 0.29) is 17.4 Å². The molecule has 0 saturated heterocycles. The summed E-state index contributed by atoms with van der Waals surface area (Å²) in [7, 11) is 0. The fourth-order valence-corrected chi connectivity index (χ4v) is 1.99. The van der Waals surface area contributed by atoms with Crippen LogP contribution in [0.1, 0.15) is 29.3 Å². The Hall–Kier alpha value is -1.71. The first-order chi connectivity index (χ1) is 7.13. The largest absolute Gasteiger partial charge is 0.294 e. The molecule has 78 valence electrons. The quantitative estimate of drug-likeness (QED) is 0.550. The molecular formula is C11H11NO3. The minimum atomic E-state index is -0.465. The molecule has 0 radical (unpaired) electrons. The molecule has 1 unspecified atom stereocenters. The van der Waals surface area contributed by atoms with Gasteiger partial charge in [-0.3, -0.25) is 14.9 Å². The Morgan fingerprint density at radius 1 is 1.53 bits per heavy atom. The van der Waals surface area contributed by atoms with Crippen molar-refractivity contribution >= 4 is 11.5 Å². The summed E-state index contributed by atoms with van der Waals surface area (Å²) in [6.45, 7) is 1.96. The van der Waals surface area contributed by atoms with E-state index in [0.717, 1.165) is 18.4 Å². The third-order valence-corrected chi connectivity index (χ3v) is 2.90. The van der Waals surface area contributed by atoms with Crippen LogP contribution in [0.25, 0.3) is 0 Å². The van der Waals surface area contributed by atoms with E-state index in [1.807, 2.05) is 6.92 Å². The van der Waals surface area contributed by atoms with Gasteiger partial charge in [0, 0.05) is 23.6 Å². The van der Waals surface area contributed by atoms with Crippen molar-refractivity contribution < 1.29 is 9.72 Å². The first-order valence-corrected chi connectivity index (χ1v) is 4.95. The predicted octanol–water partition coefficient (Wildman–Crippen LogP) is 2.36. The fraction of sp³-hybridized carbons (Fsp3) is 0.364. The van der Waals surface area contributed by atoms with Crippen LogP contribution >= 0.6 is 0 Å². The molecule has 1 aromatic rings. The topological polar surface area (TPSA) is 60.2 Å². The molecule has 15 heavy (non-hydrogen) atoms. The lowest BCUT2D eigenvalue weighted by Crippen LogP contribution is -2.06. The van der Waals surface area contributed by atoms with Crippen molar-refractivity contribution in [1.29, 1.82) is 0 Å².